The van der Waals surface area contributed by atoms with Crippen molar-refractivity contribution in [3.05, 3.63) is 83.7 Å². The van der Waals surface area contributed by atoms with E-state index >= 15 is 0 Å². The number of anilines is 1. The molecule has 0 fully saturated rings. The normalized spacial score (nSPS) is 12.5. The molecule has 2 amide bonds. The van der Waals surface area contributed by atoms with Crippen molar-refractivity contribution in [2.45, 2.75) is 32.7 Å². The second kappa shape index (κ2) is 12.0. The van der Waals surface area contributed by atoms with E-state index in [4.69, 9.17) is 9.47 Å². The van der Waals surface area contributed by atoms with Gasteiger partial charge in [-0.2, -0.15) is 0 Å². The SMILES string of the molecule is CCc1ccccc1OCC(=O)c1ccc2c(c1)N(CCCC(=O)NCc1ccccn1)C(=O)CO2. The Morgan fingerprint density at radius 3 is 2.75 bits per heavy atom. The minimum absolute atomic E-state index is 0.0803. The Kier molecular flexibility index (Phi) is 8.28. The maximum atomic E-state index is 12.9. The Labute approximate surface area is 210 Å². The van der Waals surface area contributed by atoms with Crippen LogP contribution in [0.4, 0.5) is 5.69 Å². The molecular formula is C28H29N3O5. The molecule has 186 valence electrons. The van der Waals surface area contributed by atoms with Crippen LogP contribution in [0.1, 0.15) is 41.4 Å². The largest absolute Gasteiger partial charge is 0.485 e. The number of rotatable bonds is 11. The molecule has 3 aromatic rings. The maximum absolute atomic E-state index is 12.9. The zero-order valence-corrected chi connectivity index (χ0v) is 20.2. The van der Waals surface area contributed by atoms with Crippen molar-refractivity contribution < 1.29 is 23.9 Å². The van der Waals surface area contributed by atoms with Gasteiger partial charge in [0.2, 0.25) is 5.91 Å². The molecule has 0 bridgehead atoms. The number of carbonyl (C=O) groups excluding carboxylic acids is 3. The highest BCUT2D eigenvalue weighted by Crippen LogP contribution is 2.33. The van der Waals surface area contributed by atoms with Crippen molar-refractivity contribution in [2.75, 3.05) is 24.7 Å². The van der Waals surface area contributed by atoms with Gasteiger partial charge in [-0.05, 0) is 54.8 Å². The van der Waals surface area contributed by atoms with Crippen LogP contribution in [0, 0.1) is 0 Å². The number of carbonyl (C=O) groups is 3. The monoisotopic (exact) mass is 487 g/mol. The summed E-state index contributed by atoms with van der Waals surface area (Å²) in [5.41, 5.74) is 2.77. The third kappa shape index (κ3) is 6.27. The number of nitrogens with zero attached hydrogens (tertiary/aromatic N) is 2. The molecule has 0 atom stereocenters. The fraction of sp³-hybridized carbons (Fsp3) is 0.286. The van der Waals surface area contributed by atoms with Gasteiger partial charge >= 0.3 is 0 Å². The number of amides is 2. The number of aromatic nitrogens is 1. The highest BCUT2D eigenvalue weighted by molar-refractivity contribution is 6.02. The van der Waals surface area contributed by atoms with E-state index in [1.807, 2.05) is 49.4 Å². The number of ketones is 1. The van der Waals surface area contributed by atoms with E-state index in [9.17, 15) is 14.4 Å². The Morgan fingerprint density at radius 1 is 1.11 bits per heavy atom. The molecule has 0 saturated carbocycles. The lowest BCUT2D eigenvalue weighted by molar-refractivity contribution is -0.123. The molecule has 0 spiro atoms. The molecule has 2 heterocycles. The zero-order valence-electron chi connectivity index (χ0n) is 20.2. The van der Waals surface area contributed by atoms with Gasteiger partial charge in [-0.1, -0.05) is 31.2 Å². The van der Waals surface area contributed by atoms with E-state index < -0.39 is 0 Å². The zero-order chi connectivity index (χ0) is 25.3. The molecule has 0 aliphatic carbocycles. The van der Waals surface area contributed by atoms with Crippen LogP contribution >= 0.6 is 0 Å². The molecule has 0 unspecified atom stereocenters. The highest BCUT2D eigenvalue weighted by atomic mass is 16.5. The molecular weight excluding hydrogens is 458 g/mol. The lowest BCUT2D eigenvalue weighted by Crippen LogP contribution is -2.40. The van der Waals surface area contributed by atoms with Crippen molar-refractivity contribution in [2.24, 2.45) is 0 Å². The molecule has 8 heteroatoms. The number of benzene rings is 2. The molecule has 1 aliphatic heterocycles. The Morgan fingerprint density at radius 2 is 1.94 bits per heavy atom. The van der Waals surface area contributed by atoms with Gasteiger partial charge in [0.05, 0.1) is 17.9 Å². The molecule has 0 radical (unpaired) electrons. The van der Waals surface area contributed by atoms with Crippen LogP contribution in [-0.2, 0) is 22.6 Å². The number of hydrogen-bond donors (Lipinski definition) is 1. The average molecular weight is 488 g/mol. The van der Waals surface area contributed by atoms with E-state index in [0.717, 1.165) is 17.7 Å². The third-order valence-electron chi connectivity index (χ3n) is 5.91. The first-order valence-electron chi connectivity index (χ1n) is 12.0. The summed E-state index contributed by atoms with van der Waals surface area (Å²) in [6, 6.07) is 18.2. The fourth-order valence-corrected chi connectivity index (χ4v) is 3.96. The van der Waals surface area contributed by atoms with Gasteiger partial charge in [0.1, 0.15) is 11.5 Å². The molecule has 1 aromatic heterocycles. The number of Topliss-reactive ketones (excluding diaryl/α,β-unsaturated/α-hetero) is 1. The first-order valence-corrected chi connectivity index (χ1v) is 12.0. The fourth-order valence-electron chi connectivity index (χ4n) is 3.96. The van der Waals surface area contributed by atoms with Gasteiger partial charge in [0.15, 0.2) is 19.0 Å². The number of ether oxygens (including phenoxy) is 2. The molecule has 8 nitrogen and oxygen atoms in total. The van der Waals surface area contributed by atoms with Crippen molar-refractivity contribution in [1.29, 1.82) is 0 Å². The highest BCUT2D eigenvalue weighted by Gasteiger charge is 2.26. The number of para-hydroxylation sites is 1. The molecule has 1 aliphatic rings. The van der Waals surface area contributed by atoms with Crippen LogP contribution in [-0.4, -0.2) is 42.3 Å². The molecule has 4 rings (SSSR count). The predicted molar refractivity (Wildman–Crippen MR) is 135 cm³/mol. The van der Waals surface area contributed by atoms with Gasteiger partial charge < -0.3 is 19.7 Å². The minimum Gasteiger partial charge on any atom is -0.485 e. The van der Waals surface area contributed by atoms with Crippen LogP contribution in [0.15, 0.2) is 66.9 Å². The maximum Gasteiger partial charge on any atom is 0.265 e. The van der Waals surface area contributed by atoms with Crippen molar-refractivity contribution in [1.82, 2.24) is 10.3 Å². The van der Waals surface area contributed by atoms with Crippen molar-refractivity contribution >= 4 is 23.3 Å². The summed E-state index contributed by atoms with van der Waals surface area (Å²) in [5.74, 6) is 0.690. The summed E-state index contributed by atoms with van der Waals surface area (Å²) >= 11 is 0. The molecule has 2 aromatic carbocycles. The van der Waals surface area contributed by atoms with Crippen LogP contribution in [0.3, 0.4) is 0 Å². The quantitative estimate of drug-likeness (QED) is 0.414. The predicted octanol–water partition coefficient (Wildman–Crippen LogP) is 3.73. The third-order valence-corrected chi connectivity index (χ3v) is 5.91. The van der Waals surface area contributed by atoms with Crippen molar-refractivity contribution in [3.8, 4) is 11.5 Å². The van der Waals surface area contributed by atoms with E-state index in [-0.39, 0.29) is 37.2 Å². The summed E-state index contributed by atoms with van der Waals surface area (Å²) in [6.45, 7) is 2.53. The topological polar surface area (TPSA) is 97.8 Å². The van der Waals surface area contributed by atoms with Crippen LogP contribution in [0.25, 0.3) is 0 Å². The van der Waals surface area contributed by atoms with Gasteiger partial charge in [0.25, 0.3) is 5.91 Å². The van der Waals surface area contributed by atoms with Gasteiger partial charge in [-0.15, -0.1) is 0 Å². The van der Waals surface area contributed by atoms with Crippen molar-refractivity contribution in [3.63, 3.8) is 0 Å². The number of hydrogen-bond acceptors (Lipinski definition) is 6. The molecule has 0 saturated heterocycles. The Hall–Kier alpha value is -4.20. The van der Waals surface area contributed by atoms with E-state index in [2.05, 4.69) is 10.3 Å². The molecule has 1 N–H and O–H groups in total. The van der Waals surface area contributed by atoms with Gasteiger partial charge in [0, 0.05) is 24.7 Å². The lowest BCUT2D eigenvalue weighted by atomic mass is 10.1. The summed E-state index contributed by atoms with van der Waals surface area (Å²) in [7, 11) is 0. The second-order valence-corrected chi connectivity index (χ2v) is 8.39. The average Bonchev–Trinajstić information content (AvgIpc) is 2.92. The van der Waals surface area contributed by atoms with Gasteiger partial charge in [-0.3, -0.25) is 19.4 Å². The number of pyridine rings is 1. The summed E-state index contributed by atoms with van der Waals surface area (Å²) in [6.07, 6.45) is 3.21. The lowest BCUT2D eigenvalue weighted by Gasteiger charge is -2.29. The number of aryl methyl sites for hydroxylation is 1. The van der Waals surface area contributed by atoms with Crippen LogP contribution in [0.2, 0.25) is 0 Å². The van der Waals surface area contributed by atoms with E-state index in [1.165, 1.54) is 0 Å². The second-order valence-electron chi connectivity index (χ2n) is 8.39. The Balaban J connectivity index is 1.35. The first-order chi connectivity index (χ1) is 17.5. The van der Waals surface area contributed by atoms with Crippen LogP contribution < -0.4 is 19.7 Å². The number of fused-ring (bicyclic) bond motifs is 1. The Bertz CT molecular complexity index is 1230. The smallest absolute Gasteiger partial charge is 0.265 e. The first kappa shape index (κ1) is 24.9. The van der Waals surface area contributed by atoms with E-state index in [1.54, 1.807) is 29.3 Å². The summed E-state index contributed by atoms with van der Waals surface area (Å²) in [4.78, 5) is 43.4. The number of nitrogens with one attached hydrogen (secondary N) is 1. The standard InChI is InChI=1S/C28H29N3O5/c1-2-20-8-3-4-10-25(20)35-18-24(32)21-12-13-26-23(16-21)31(28(34)19-36-26)15-7-11-27(33)30-17-22-9-5-6-14-29-22/h3-6,8-10,12-14,16H,2,7,11,15,17-19H2,1H3,(H,30,33). The summed E-state index contributed by atoms with van der Waals surface area (Å²) < 4.78 is 11.3. The van der Waals surface area contributed by atoms with E-state index in [0.29, 0.717) is 42.3 Å². The molecule has 36 heavy (non-hydrogen) atoms. The van der Waals surface area contributed by atoms with Crippen LogP contribution in [0.5, 0.6) is 11.5 Å². The van der Waals surface area contributed by atoms with Gasteiger partial charge in [-0.25, -0.2) is 0 Å². The summed E-state index contributed by atoms with van der Waals surface area (Å²) in [5, 5.41) is 2.84. The minimum atomic E-state index is -0.214.